The molecule has 0 spiro atoms. The van der Waals surface area contributed by atoms with Gasteiger partial charge in [0.2, 0.25) is 0 Å². The molecule has 5 heteroatoms. The van der Waals surface area contributed by atoms with Gasteiger partial charge >= 0.3 is 0 Å². The molecule has 17 heavy (non-hydrogen) atoms. The van der Waals surface area contributed by atoms with Gasteiger partial charge in [-0.15, -0.1) is 0 Å². The van der Waals surface area contributed by atoms with Crippen molar-refractivity contribution in [1.29, 1.82) is 0 Å². The SMILES string of the molecule is O=S(=O)([O-])c1ccc(OC2=CCCC=C2)cc1. The maximum absolute atomic E-state index is 10.7. The lowest BCUT2D eigenvalue weighted by Gasteiger charge is -2.11. The van der Waals surface area contributed by atoms with Gasteiger partial charge in [0.05, 0.1) is 4.90 Å². The fraction of sp³-hybridized carbons (Fsp3) is 0.167. The van der Waals surface area contributed by atoms with E-state index < -0.39 is 10.1 Å². The third-order valence-corrected chi connectivity index (χ3v) is 3.16. The molecule has 0 saturated carbocycles. The molecule has 4 nitrogen and oxygen atoms in total. The van der Waals surface area contributed by atoms with Gasteiger partial charge in [0.1, 0.15) is 21.6 Å². The quantitative estimate of drug-likeness (QED) is 0.772. The molecule has 1 aliphatic rings. The maximum Gasteiger partial charge on any atom is 0.127 e. The molecule has 0 amide bonds. The monoisotopic (exact) mass is 251 g/mol. The molecule has 1 aromatic rings. The van der Waals surface area contributed by atoms with Crippen LogP contribution in [0.25, 0.3) is 0 Å². The van der Waals surface area contributed by atoms with Crippen LogP contribution in [0, 0.1) is 0 Å². The Hall–Kier alpha value is -1.59. The van der Waals surface area contributed by atoms with Gasteiger partial charge in [-0.3, -0.25) is 0 Å². The van der Waals surface area contributed by atoms with Crippen LogP contribution in [0.2, 0.25) is 0 Å². The van der Waals surface area contributed by atoms with Crippen LogP contribution in [0.1, 0.15) is 12.8 Å². The van der Waals surface area contributed by atoms with E-state index >= 15 is 0 Å². The first-order chi connectivity index (χ1) is 8.05. The average molecular weight is 251 g/mol. The van der Waals surface area contributed by atoms with Gasteiger partial charge in [-0.2, -0.15) is 0 Å². The van der Waals surface area contributed by atoms with Gasteiger partial charge < -0.3 is 9.29 Å². The van der Waals surface area contributed by atoms with E-state index in [0.717, 1.165) is 18.6 Å². The van der Waals surface area contributed by atoms with Gasteiger partial charge in [-0.1, -0.05) is 6.08 Å². The molecule has 0 bridgehead atoms. The molecule has 0 N–H and O–H groups in total. The summed E-state index contributed by atoms with van der Waals surface area (Å²) in [6.45, 7) is 0. The second-order valence-electron chi connectivity index (χ2n) is 3.61. The normalized spacial score (nSPS) is 15.5. The highest BCUT2D eigenvalue weighted by Crippen LogP contribution is 2.20. The Morgan fingerprint density at radius 2 is 1.82 bits per heavy atom. The van der Waals surface area contributed by atoms with Crippen LogP contribution in [-0.2, 0) is 10.1 Å². The van der Waals surface area contributed by atoms with Crippen molar-refractivity contribution in [3.8, 4) is 5.75 Å². The number of allylic oxidation sites excluding steroid dienone is 3. The van der Waals surface area contributed by atoms with E-state index in [-0.39, 0.29) is 4.90 Å². The number of hydrogen-bond donors (Lipinski definition) is 0. The lowest BCUT2D eigenvalue weighted by Crippen LogP contribution is -1.99. The van der Waals surface area contributed by atoms with Gasteiger partial charge in [0.25, 0.3) is 0 Å². The summed E-state index contributed by atoms with van der Waals surface area (Å²) in [6.07, 6.45) is 7.75. The highest BCUT2D eigenvalue weighted by atomic mass is 32.2. The van der Waals surface area contributed by atoms with E-state index in [1.807, 2.05) is 18.2 Å². The van der Waals surface area contributed by atoms with Crippen molar-refractivity contribution in [3.63, 3.8) is 0 Å². The van der Waals surface area contributed by atoms with Crippen LogP contribution >= 0.6 is 0 Å². The highest BCUT2D eigenvalue weighted by Gasteiger charge is 2.03. The first kappa shape index (κ1) is 11.9. The summed E-state index contributed by atoms with van der Waals surface area (Å²) in [4.78, 5) is -0.252. The Kier molecular flexibility index (Phi) is 3.31. The number of ether oxygens (including phenoxy) is 1. The van der Waals surface area contributed by atoms with E-state index in [0.29, 0.717) is 5.75 Å². The standard InChI is InChI=1S/C12H12O4S/c13-17(14,15)12-8-6-11(7-9-12)16-10-4-2-1-3-5-10/h2,4-9H,1,3H2,(H,13,14,15)/p-1. The van der Waals surface area contributed by atoms with E-state index in [1.54, 1.807) is 0 Å². The van der Waals surface area contributed by atoms with Gasteiger partial charge in [0, 0.05) is 0 Å². The van der Waals surface area contributed by atoms with E-state index in [4.69, 9.17) is 4.74 Å². The molecular formula is C12H11O4S-. The largest absolute Gasteiger partial charge is 0.744 e. The lowest BCUT2D eigenvalue weighted by molar-refractivity contribution is 0.438. The van der Waals surface area contributed by atoms with E-state index in [2.05, 4.69) is 0 Å². The number of hydrogen-bond acceptors (Lipinski definition) is 4. The minimum absolute atomic E-state index is 0.252. The summed E-state index contributed by atoms with van der Waals surface area (Å²) >= 11 is 0. The summed E-state index contributed by atoms with van der Waals surface area (Å²) in [5.74, 6) is 1.24. The van der Waals surface area contributed by atoms with Crippen molar-refractivity contribution in [1.82, 2.24) is 0 Å². The molecule has 0 aliphatic heterocycles. The van der Waals surface area contributed by atoms with E-state index in [1.165, 1.54) is 24.3 Å². The summed E-state index contributed by atoms with van der Waals surface area (Å²) in [5, 5.41) is 0. The van der Waals surface area contributed by atoms with Crippen molar-refractivity contribution < 1.29 is 17.7 Å². The zero-order chi connectivity index (χ0) is 12.3. The maximum atomic E-state index is 10.7. The summed E-state index contributed by atoms with van der Waals surface area (Å²) in [5.41, 5.74) is 0. The van der Waals surface area contributed by atoms with E-state index in [9.17, 15) is 13.0 Å². The third-order valence-electron chi connectivity index (χ3n) is 2.31. The van der Waals surface area contributed by atoms with Gasteiger partial charge in [-0.25, -0.2) is 8.42 Å². The minimum Gasteiger partial charge on any atom is -0.744 e. The van der Waals surface area contributed by atoms with Crippen molar-refractivity contribution >= 4 is 10.1 Å². The lowest BCUT2D eigenvalue weighted by atomic mass is 10.2. The van der Waals surface area contributed by atoms with Crippen LogP contribution in [0.4, 0.5) is 0 Å². The minimum atomic E-state index is -4.39. The Morgan fingerprint density at radius 1 is 1.12 bits per heavy atom. The molecule has 90 valence electrons. The Balaban J connectivity index is 2.14. The average Bonchev–Trinajstić information content (AvgIpc) is 2.30. The third kappa shape index (κ3) is 3.18. The predicted molar refractivity (Wildman–Crippen MR) is 61.5 cm³/mol. The molecule has 0 heterocycles. The molecular weight excluding hydrogens is 240 g/mol. The first-order valence-corrected chi connectivity index (χ1v) is 6.57. The molecule has 0 saturated heterocycles. The highest BCUT2D eigenvalue weighted by molar-refractivity contribution is 7.85. The smallest absolute Gasteiger partial charge is 0.127 e. The van der Waals surface area contributed by atoms with Crippen LogP contribution in [0.15, 0.2) is 53.1 Å². The molecule has 0 unspecified atom stereocenters. The fourth-order valence-electron chi connectivity index (χ4n) is 1.48. The zero-order valence-corrected chi connectivity index (χ0v) is 9.81. The van der Waals surface area contributed by atoms with Crippen molar-refractivity contribution in [2.75, 3.05) is 0 Å². The number of rotatable bonds is 3. The first-order valence-electron chi connectivity index (χ1n) is 5.16. The molecule has 0 radical (unpaired) electrons. The van der Waals surface area contributed by atoms with Crippen LogP contribution in [0.3, 0.4) is 0 Å². The zero-order valence-electron chi connectivity index (χ0n) is 9.00. The molecule has 0 fully saturated rings. The molecule has 2 rings (SSSR count). The Labute approximate surface area is 100.0 Å². The van der Waals surface area contributed by atoms with Crippen LogP contribution in [0.5, 0.6) is 5.75 Å². The summed E-state index contributed by atoms with van der Waals surface area (Å²) in [7, 11) is -4.39. The van der Waals surface area contributed by atoms with Gasteiger partial charge in [-0.05, 0) is 49.3 Å². The summed E-state index contributed by atoms with van der Waals surface area (Å²) < 4.78 is 37.6. The molecule has 0 atom stereocenters. The molecule has 1 aliphatic carbocycles. The van der Waals surface area contributed by atoms with Crippen molar-refractivity contribution in [2.45, 2.75) is 17.7 Å². The summed E-state index contributed by atoms with van der Waals surface area (Å²) in [6, 6.07) is 5.41. The van der Waals surface area contributed by atoms with Crippen molar-refractivity contribution in [3.05, 3.63) is 48.3 Å². The second-order valence-corrected chi connectivity index (χ2v) is 4.99. The fourth-order valence-corrected chi connectivity index (χ4v) is 1.94. The van der Waals surface area contributed by atoms with Crippen LogP contribution in [-0.4, -0.2) is 13.0 Å². The Bertz CT molecular complexity index is 553. The molecule has 1 aromatic carbocycles. The van der Waals surface area contributed by atoms with Gasteiger partial charge in [0.15, 0.2) is 0 Å². The van der Waals surface area contributed by atoms with Crippen molar-refractivity contribution in [2.24, 2.45) is 0 Å². The number of benzene rings is 1. The predicted octanol–water partition coefficient (Wildman–Crippen LogP) is 2.20. The Morgan fingerprint density at radius 3 is 2.35 bits per heavy atom. The topological polar surface area (TPSA) is 66.4 Å². The second kappa shape index (κ2) is 4.73. The molecule has 0 aromatic heterocycles. The van der Waals surface area contributed by atoms with Crippen LogP contribution < -0.4 is 4.74 Å².